The summed E-state index contributed by atoms with van der Waals surface area (Å²) in [5.74, 6) is 1.99. The molecule has 0 unspecified atom stereocenters. The van der Waals surface area contributed by atoms with E-state index in [0.29, 0.717) is 26.1 Å². The van der Waals surface area contributed by atoms with Gasteiger partial charge in [-0.05, 0) is 48.5 Å². The second-order valence-corrected chi connectivity index (χ2v) is 10.9. The van der Waals surface area contributed by atoms with E-state index in [1.165, 1.54) is 47.0 Å². The van der Waals surface area contributed by atoms with E-state index >= 15 is 0 Å². The summed E-state index contributed by atoms with van der Waals surface area (Å²) in [6.45, 7) is 0.148. The fraction of sp³-hybridized carbons (Fsp3) is 0.0833. The predicted molar refractivity (Wildman–Crippen MR) is 137 cm³/mol. The molecule has 4 rings (SSSR count). The molecule has 0 aliphatic heterocycles. The number of amides is 1. The molecule has 0 fully saturated rings. The third-order valence-electron chi connectivity index (χ3n) is 5.06. The van der Waals surface area contributed by atoms with Gasteiger partial charge in [0.15, 0.2) is 4.80 Å². The molecule has 1 aromatic heterocycles. The van der Waals surface area contributed by atoms with Crippen molar-refractivity contribution < 1.29 is 13.2 Å². The van der Waals surface area contributed by atoms with Gasteiger partial charge in [0.05, 0.1) is 37.4 Å². The number of benzene rings is 3. The minimum Gasteiger partial charge on any atom is -0.303 e. The predicted octanol–water partition coefficient (Wildman–Crippen LogP) is 5.21. The number of aromatic nitrogens is 1. The number of terminal acetylenes is 1. The van der Waals surface area contributed by atoms with Crippen LogP contribution in [0.2, 0.25) is 10.0 Å². The zero-order chi connectivity index (χ0) is 24.5. The van der Waals surface area contributed by atoms with E-state index < -0.39 is 15.9 Å². The lowest BCUT2D eigenvalue weighted by atomic mass is 10.2. The first-order valence-corrected chi connectivity index (χ1v) is 12.9. The molecule has 0 N–H and O–H groups in total. The molecular formula is C24H17Cl2N3O3S2. The molecule has 0 saturated carbocycles. The van der Waals surface area contributed by atoms with Crippen LogP contribution < -0.4 is 9.11 Å². The average Bonchev–Trinajstić information content (AvgIpc) is 3.19. The zero-order valence-electron chi connectivity index (χ0n) is 17.8. The number of rotatable bonds is 5. The second-order valence-electron chi connectivity index (χ2n) is 7.13. The topological polar surface area (TPSA) is 71.7 Å². The van der Waals surface area contributed by atoms with Crippen molar-refractivity contribution in [2.75, 3.05) is 11.4 Å². The van der Waals surface area contributed by atoms with Crippen molar-refractivity contribution in [3.8, 4) is 12.3 Å². The van der Waals surface area contributed by atoms with Crippen LogP contribution in [0.1, 0.15) is 10.4 Å². The van der Waals surface area contributed by atoms with Gasteiger partial charge in [0.1, 0.15) is 0 Å². The lowest BCUT2D eigenvalue weighted by Crippen LogP contribution is -2.26. The molecule has 3 aromatic carbocycles. The summed E-state index contributed by atoms with van der Waals surface area (Å²) in [7, 11) is -2.32. The Labute approximate surface area is 210 Å². The van der Waals surface area contributed by atoms with Crippen molar-refractivity contribution in [2.45, 2.75) is 11.4 Å². The highest BCUT2D eigenvalue weighted by Gasteiger charge is 2.21. The number of sulfonamides is 1. The molecule has 0 aliphatic rings. The van der Waals surface area contributed by atoms with Gasteiger partial charge in [-0.25, -0.2) is 8.42 Å². The summed E-state index contributed by atoms with van der Waals surface area (Å²) in [4.78, 5) is 17.5. The second kappa shape index (κ2) is 9.65. The van der Waals surface area contributed by atoms with Gasteiger partial charge >= 0.3 is 0 Å². The fourth-order valence-corrected chi connectivity index (χ4v) is 5.99. The van der Waals surface area contributed by atoms with Crippen molar-refractivity contribution in [1.82, 2.24) is 4.57 Å². The van der Waals surface area contributed by atoms with Crippen LogP contribution in [-0.4, -0.2) is 25.9 Å². The number of carbonyl (C=O) groups is 1. The molecule has 4 aromatic rings. The number of carbonyl (C=O) groups excluding carboxylic acids is 1. The Morgan fingerprint density at radius 3 is 2.41 bits per heavy atom. The Hall–Kier alpha value is -3.09. The van der Waals surface area contributed by atoms with Gasteiger partial charge in [0, 0.05) is 12.6 Å². The van der Waals surface area contributed by atoms with Crippen LogP contribution >= 0.6 is 34.5 Å². The maximum Gasteiger partial charge on any atom is 0.279 e. The SMILES string of the molecule is C#CCn1c(=NC(=O)c2ccc(S(=O)(=O)N(C)c3ccccc3)cc2)sc2ccc(Cl)c(Cl)c21. The average molecular weight is 530 g/mol. The summed E-state index contributed by atoms with van der Waals surface area (Å²) >= 11 is 13.8. The molecule has 0 bridgehead atoms. The van der Waals surface area contributed by atoms with Gasteiger partial charge < -0.3 is 4.57 Å². The van der Waals surface area contributed by atoms with Crippen molar-refractivity contribution in [3.05, 3.63) is 87.1 Å². The summed E-state index contributed by atoms with van der Waals surface area (Å²) in [6.07, 6.45) is 5.50. The number of para-hydroxylation sites is 1. The van der Waals surface area contributed by atoms with Crippen LogP contribution in [0, 0.1) is 12.3 Å². The van der Waals surface area contributed by atoms with Crippen LogP contribution in [0.5, 0.6) is 0 Å². The number of halogens is 2. The molecule has 6 nitrogen and oxygen atoms in total. The minimum atomic E-state index is -3.79. The summed E-state index contributed by atoms with van der Waals surface area (Å²) < 4.78 is 29.5. The summed E-state index contributed by atoms with van der Waals surface area (Å²) in [6, 6.07) is 17.8. The van der Waals surface area contributed by atoms with Gasteiger partial charge in [-0.1, -0.05) is 58.7 Å². The quantitative estimate of drug-likeness (QED) is 0.333. The molecule has 1 heterocycles. The lowest BCUT2D eigenvalue weighted by Gasteiger charge is -2.19. The van der Waals surface area contributed by atoms with Crippen molar-refractivity contribution in [2.24, 2.45) is 4.99 Å². The van der Waals surface area contributed by atoms with E-state index in [4.69, 9.17) is 29.6 Å². The molecule has 0 atom stereocenters. The van der Waals surface area contributed by atoms with Crippen LogP contribution in [0.25, 0.3) is 10.2 Å². The normalized spacial score (nSPS) is 12.0. The first kappa shape index (κ1) is 24.0. The molecule has 10 heteroatoms. The molecule has 0 spiro atoms. The van der Waals surface area contributed by atoms with Crippen LogP contribution in [0.4, 0.5) is 5.69 Å². The third-order valence-corrected chi connectivity index (χ3v) is 8.70. The van der Waals surface area contributed by atoms with Gasteiger partial charge in [-0.2, -0.15) is 4.99 Å². The Bertz CT molecular complexity index is 1600. The minimum absolute atomic E-state index is 0.0566. The van der Waals surface area contributed by atoms with E-state index in [9.17, 15) is 13.2 Å². The summed E-state index contributed by atoms with van der Waals surface area (Å²) in [5, 5.41) is 0.699. The molecule has 1 amide bonds. The molecular weight excluding hydrogens is 513 g/mol. The van der Waals surface area contributed by atoms with Crippen molar-refractivity contribution in [3.63, 3.8) is 0 Å². The first-order valence-electron chi connectivity index (χ1n) is 9.88. The largest absolute Gasteiger partial charge is 0.303 e. The first-order chi connectivity index (χ1) is 16.2. The monoisotopic (exact) mass is 529 g/mol. The maximum atomic E-state index is 13.0. The number of hydrogen-bond acceptors (Lipinski definition) is 4. The highest BCUT2D eigenvalue weighted by Crippen LogP contribution is 2.32. The Morgan fingerprint density at radius 2 is 1.76 bits per heavy atom. The number of anilines is 1. The zero-order valence-corrected chi connectivity index (χ0v) is 20.9. The fourth-order valence-electron chi connectivity index (χ4n) is 3.28. The highest BCUT2D eigenvalue weighted by molar-refractivity contribution is 7.92. The smallest absolute Gasteiger partial charge is 0.279 e. The number of hydrogen-bond donors (Lipinski definition) is 0. The molecule has 0 saturated heterocycles. The Kier molecular flexibility index (Phi) is 6.82. The number of fused-ring (bicyclic) bond motifs is 1. The van der Waals surface area contributed by atoms with Gasteiger partial charge in [0.2, 0.25) is 0 Å². The Balaban J connectivity index is 1.69. The van der Waals surface area contributed by atoms with Gasteiger partial charge in [-0.3, -0.25) is 9.10 Å². The van der Waals surface area contributed by atoms with Gasteiger partial charge in [0.25, 0.3) is 15.9 Å². The lowest BCUT2D eigenvalue weighted by molar-refractivity contribution is 0.0998. The summed E-state index contributed by atoms with van der Waals surface area (Å²) in [5.41, 5.74) is 1.36. The van der Waals surface area contributed by atoms with E-state index in [0.717, 1.165) is 4.70 Å². The number of thiazole rings is 1. The number of nitrogens with zero attached hydrogens (tertiary/aromatic N) is 3. The van der Waals surface area contributed by atoms with Crippen LogP contribution in [0.15, 0.2) is 76.6 Å². The van der Waals surface area contributed by atoms with Crippen LogP contribution in [0.3, 0.4) is 0 Å². The van der Waals surface area contributed by atoms with Crippen molar-refractivity contribution >= 4 is 66.4 Å². The van der Waals surface area contributed by atoms with E-state index in [1.54, 1.807) is 47.0 Å². The molecule has 0 radical (unpaired) electrons. The van der Waals surface area contributed by atoms with Crippen LogP contribution in [-0.2, 0) is 16.6 Å². The molecule has 0 aliphatic carbocycles. The molecule has 34 heavy (non-hydrogen) atoms. The van der Waals surface area contributed by atoms with Crippen molar-refractivity contribution in [1.29, 1.82) is 0 Å². The highest BCUT2D eigenvalue weighted by atomic mass is 35.5. The third kappa shape index (κ3) is 4.48. The Morgan fingerprint density at radius 1 is 1.09 bits per heavy atom. The maximum absolute atomic E-state index is 13.0. The van der Waals surface area contributed by atoms with Gasteiger partial charge in [-0.15, -0.1) is 6.42 Å². The van der Waals surface area contributed by atoms with E-state index in [-0.39, 0.29) is 17.0 Å². The standard InChI is InChI=1S/C24H17Cl2N3O3S2/c1-3-15-29-22-20(14-13-19(25)21(22)26)33-24(29)27-23(30)16-9-11-18(12-10-16)34(31,32)28(2)17-7-5-4-6-8-17/h1,4-14H,15H2,2H3. The van der Waals surface area contributed by atoms with E-state index in [2.05, 4.69) is 10.9 Å². The van der Waals surface area contributed by atoms with E-state index in [1.807, 2.05) is 0 Å². The molecule has 172 valence electrons.